The highest BCUT2D eigenvalue weighted by Gasteiger charge is 2.37. The minimum absolute atomic E-state index is 0.348. The van der Waals surface area contributed by atoms with Crippen LogP contribution in [0.3, 0.4) is 0 Å². The SMILES string of the molecule is CN1C/C(=C\c2ccccc2)C2=Nc3ccccc3S[C@H](c3ccccc3)[C@H]2C1. The first kappa shape index (κ1) is 18.4. The monoisotopic (exact) mass is 396 g/mol. The molecular formula is C26H24N2S. The maximum atomic E-state index is 5.25. The number of nitrogens with zero attached hydrogens (tertiary/aromatic N) is 2. The Kier molecular flexibility index (Phi) is 5.09. The number of hydrogen-bond donors (Lipinski definition) is 0. The molecule has 0 aliphatic carbocycles. The number of hydrogen-bond acceptors (Lipinski definition) is 3. The highest BCUT2D eigenvalue weighted by Crippen LogP contribution is 2.49. The van der Waals surface area contributed by atoms with Gasteiger partial charge < -0.3 is 4.90 Å². The molecule has 1 saturated heterocycles. The van der Waals surface area contributed by atoms with Crippen molar-refractivity contribution in [2.45, 2.75) is 10.1 Å². The Bertz CT molecular complexity index is 1060. The lowest BCUT2D eigenvalue weighted by Gasteiger charge is -2.36. The van der Waals surface area contributed by atoms with Crippen molar-refractivity contribution in [2.75, 3.05) is 20.1 Å². The topological polar surface area (TPSA) is 15.6 Å². The summed E-state index contributed by atoms with van der Waals surface area (Å²) < 4.78 is 0. The van der Waals surface area contributed by atoms with Crippen molar-refractivity contribution in [2.24, 2.45) is 10.9 Å². The van der Waals surface area contributed by atoms with E-state index in [2.05, 4.69) is 103 Å². The van der Waals surface area contributed by atoms with Crippen LogP contribution in [-0.4, -0.2) is 30.7 Å². The Morgan fingerprint density at radius 1 is 0.897 bits per heavy atom. The summed E-state index contributed by atoms with van der Waals surface area (Å²) in [6.45, 7) is 1.95. The van der Waals surface area contributed by atoms with E-state index in [1.54, 1.807) is 0 Å². The Hall–Kier alpha value is -2.62. The molecule has 2 aliphatic rings. The molecule has 5 rings (SSSR count). The van der Waals surface area contributed by atoms with Crippen molar-refractivity contribution < 1.29 is 0 Å². The van der Waals surface area contributed by atoms with Gasteiger partial charge in [0.05, 0.1) is 11.4 Å². The van der Waals surface area contributed by atoms with Gasteiger partial charge in [-0.05, 0) is 42.0 Å². The average Bonchev–Trinajstić information content (AvgIpc) is 2.92. The van der Waals surface area contributed by atoms with E-state index in [0.29, 0.717) is 11.2 Å². The summed E-state index contributed by atoms with van der Waals surface area (Å²) in [7, 11) is 2.22. The molecule has 0 saturated carbocycles. The Balaban J connectivity index is 1.67. The predicted molar refractivity (Wildman–Crippen MR) is 124 cm³/mol. The lowest BCUT2D eigenvalue weighted by atomic mass is 9.85. The highest BCUT2D eigenvalue weighted by molar-refractivity contribution is 7.99. The third-order valence-electron chi connectivity index (χ3n) is 5.62. The normalized spacial score (nSPS) is 23.1. The van der Waals surface area contributed by atoms with E-state index >= 15 is 0 Å². The molecular weight excluding hydrogens is 372 g/mol. The fourth-order valence-corrected chi connectivity index (χ4v) is 5.64. The van der Waals surface area contributed by atoms with Crippen LogP contribution in [0.25, 0.3) is 6.08 Å². The first-order valence-corrected chi connectivity index (χ1v) is 11.0. The van der Waals surface area contributed by atoms with Gasteiger partial charge in [0.2, 0.25) is 0 Å². The summed E-state index contributed by atoms with van der Waals surface area (Å²) >= 11 is 1.96. The summed E-state index contributed by atoms with van der Waals surface area (Å²) in [5, 5.41) is 0.348. The molecule has 1 fully saturated rings. The highest BCUT2D eigenvalue weighted by atomic mass is 32.2. The van der Waals surface area contributed by atoms with Gasteiger partial charge in [-0.2, -0.15) is 0 Å². The number of rotatable bonds is 2. The van der Waals surface area contributed by atoms with Crippen molar-refractivity contribution in [3.63, 3.8) is 0 Å². The van der Waals surface area contributed by atoms with Crippen LogP contribution in [0.2, 0.25) is 0 Å². The molecule has 3 aromatic carbocycles. The van der Waals surface area contributed by atoms with E-state index in [0.717, 1.165) is 18.8 Å². The summed E-state index contributed by atoms with van der Waals surface area (Å²) in [6.07, 6.45) is 2.32. The number of piperidine rings is 1. The molecule has 2 heterocycles. The first-order valence-electron chi connectivity index (χ1n) is 10.1. The van der Waals surface area contributed by atoms with Crippen LogP contribution in [0.1, 0.15) is 16.4 Å². The third kappa shape index (κ3) is 3.81. The smallest absolute Gasteiger partial charge is 0.0769 e. The maximum Gasteiger partial charge on any atom is 0.0769 e. The molecule has 0 aromatic heterocycles. The Labute approximate surface area is 177 Å². The minimum atomic E-state index is 0.348. The zero-order valence-electron chi connectivity index (χ0n) is 16.5. The minimum Gasteiger partial charge on any atom is -0.301 e. The van der Waals surface area contributed by atoms with Crippen molar-refractivity contribution in [1.29, 1.82) is 0 Å². The molecule has 0 unspecified atom stereocenters. The maximum absolute atomic E-state index is 5.25. The van der Waals surface area contributed by atoms with Gasteiger partial charge in [-0.15, -0.1) is 11.8 Å². The quantitative estimate of drug-likeness (QED) is 0.509. The van der Waals surface area contributed by atoms with Gasteiger partial charge in [0.25, 0.3) is 0 Å². The number of fused-ring (bicyclic) bond motifs is 2. The number of aliphatic imine (C=N–C) groups is 1. The molecule has 144 valence electrons. The van der Waals surface area contributed by atoms with Gasteiger partial charge in [0.1, 0.15) is 0 Å². The van der Waals surface area contributed by atoms with Gasteiger partial charge in [-0.3, -0.25) is 4.99 Å². The summed E-state index contributed by atoms with van der Waals surface area (Å²) in [4.78, 5) is 8.95. The zero-order valence-corrected chi connectivity index (χ0v) is 17.3. The van der Waals surface area contributed by atoms with Crippen LogP contribution in [0.4, 0.5) is 5.69 Å². The number of likely N-dealkylation sites (N-methyl/N-ethyl adjacent to an activating group) is 1. The van der Waals surface area contributed by atoms with Crippen LogP contribution in [0, 0.1) is 5.92 Å². The van der Waals surface area contributed by atoms with Gasteiger partial charge in [-0.25, -0.2) is 0 Å². The van der Waals surface area contributed by atoms with E-state index < -0.39 is 0 Å². The van der Waals surface area contributed by atoms with Crippen LogP contribution in [0.5, 0.6) is 0 Å². The second kappa shape index (κ2) is 8.02. The van der Waals surface area contributed by atoms with Crippen LogP contribution >= 0.6 is 11.8 Å². The second-order valence-electron chi connectivity index (χ2n) is 7.80. The standard InChI is InChI=1S/C26H24N2S/c1-28-17-21(16-19-10-4-2-5-11-19)25-22(18-28)26(20-12-6-3-7-13-20)29-24-15-9-8-14-23(24)27-25/h2-16,22,26H,17-18H2,1H3/b21-16+/t22-,26+/m0/s1. The van der Waals surface area contributed by atoms with Crippen molar-refractivity contribution in [3.8, 4) is 0 Å². The summed E-state index contributed by atoms with van der Waals surface area (Å²) in [5.74, 6) is 0.350. The largest absolute Gasteiger partial charge is 0.301 e. The van der Waals surface area contributed by atoms with Gasteiger partial charge in [0.15, 0.2) is 0 Å². The third-order valence-corrected chi connectivity index (χ3v) is 7.08. The molecule has 0 amide bonds. The molecule has 2 nitrogen and oxygen atoms in total. The molecule has 2 atom stereocenters. The number of benzene rings is 3. The van der Waals surface area contributed by atoms with E-state index in [4.69, 9.17) is 4.99 Å². The predicted octanol–water partition coefficient (Wildman–Crippen LogP) is 6.25. The number of thioether (sulfide) groups is 1. The number of likely N-dealkylation sites (tertiary alicyclic amines) is 1. The zero-order chi connectivity index (χ0) is 19.6. The van der Waals surface area contributed by atoms with Crippen molar-refractivity contribution >= 4 is 29.2 Å². The van der Waals surface area contributed by atoms with Gasteiger partial charge >= 0.3 is 0 Å². The molecule has 0 radical (unpaired) electrons. The van der Waals surface area contributed by atoms with Crippen molar-refractivity contribution in [3.05, 3.63) is 102 Å². The van der Waals surface area contributed by atoms with E-state index in [-0.39, 0.29) is 0 Å². The molecule has 0 bridgehead atoms. The molecule has 2 aliphatic heterocycles. The van der Waals surface area contributed by atoms with Crippen LogP contribution < -0.4 is 0 Å². The Morgan fingerprint density at radius 3 is 2.38 bits per heavy atom. The average molecular weight is 397 g/mol. The van der Waals surface area contributed by atoms with Crippen LogP contribution in [-0.2, 0) is 0 Å². The fraction of sp³-hybridized carbons (Fsp3) is 0.192. The van der Waals surface area contributed by atoms with E-state index in [1.807, 2.05) is 11.8 Å². The van der Waals surface area contributed by atoms with E-state index in [1.165, 1.54) is 27.3 Å². The van der Waals surface area contributed by atoms with Crippen LogP contribution in [0.15, 0.2) is 100 Å². The lowest BCUT2D eigenvalue weighted by molar-refractivity contribution is 0.315. The van der Waals surface area contributed by atoms with E-state index in [9.17, 15) is 0 Å². The molecule has 0 N–H and O–H groups in total. The molecule has 3 aromatic rings. The second-order valence-corrected chi connectivity index (χ2v) is 8.98. The Morgan fingerprint density at radius 2 is 1.59 bits per heavy atom. The summed E-state index contributed by atoms with van der Waals surface area (Å²) in [6, 6.07) is 30.1. The molecule has 0 spiro atoms. The first-order chi connectivity index (χ1) is 14.3. The lowest BCUT2D eigenvalue weighted by Crippen LogP contribution is -2.42. The van der Waals surface area contributed by atoms with Crippen molar-refractivity contribution in [1.82, 2.24) is 4.90 Å². The molecule has 29 heavy (non-hydrogen) atoms. The van der Waals surface area contributed by atoms with Gasteiger partial charge in [0, 0.05) is 29.2 Å². The number of para-hydroxylation sites is 1. The molecule has 3 heteroatoms. The van der Waals surface area contributed by atoms with Gasteiger partial charge in [-0.1, -0.05) is 72.8 Å². The fourth-order valence-electron chi connectivity index (χ4n) is 4.30. The summed E-state index contributed by atoms with van der Waals surface area (Å²) in [5.41, 5.74) is 6.29.